The van der Waals surface area contributed by atoms with Gasteiger partial charge in [0.05, 0.1) is 4.90 Å². The van der Waals surface area contributed by atoms with E-state index in [4.69, 9.17) is 0 Å². The van der Waals surface area contributed by atoms with Gasteiger partial charge in [0.1, 0.15) is 0 Å². The van der Waals surface area contributed by atoms with Crippen molar-refractivity contribution < 1.29 is 8.42 Å². The van der Waals surface area contributed by atoms with Gasteiger partial charge in [-0.2, -0.15) is 0 Å². The van der Waals surface area contributed by atoms with Crippen LogP contribution in [0.15, 0.2) is 32.0 Å². The smallest absolute Gasteiger partial charge is 0.241 e. The third-order valence-corrected chi connectivity index (χ3v) is 6.11. The van der Waals surface area contributed by atoms with Gasteiger partial charge < -0.3 is 5.32 Å². The lowest BCUT2D eigenvalue weighted by molar-refractivity contribution is 0.372. The molecule has 1 aromatic rings. The van der Waals surface area contributed by atoms with Crippen LogP contribution in [0, 0.1) is 5.92 Å². The zero-order valence-electron chi connectivity index (χ0n) is 10.3. The average molecular weight is 412 g/mol. The van der Waals surface area contributed by atoms with E-state index in [9.17, 15) is 8.42 Å². The lowest BCUT2D eigenvalue weighted by Gasteiger charge is -2.22. The molecule has 0 atom stereocenters. The summed E-state index contributed by atoms with van der Waals surface area (Å²) < 4.78 is 28.6. The Morgan fingerprint density at radius 3 is 2.63 bits per heavy atom. The largest absolute Gasteiger partial charge is 0.317 e. The van der Waals surface area contributed by atoms with Crippen molar-refractivity contribution in [2.24, 2.45) is 5.92 Å². The van der Waals surface area contributed by atoms with Crippen molar-refractivity contribution >= 4 is 41.9 Å². The first kappa shape index (κ1) is 15.4. The molecule has 1 aliphatic rings. The SMILES string of the molecule is O=S(=O)(NCC1CCNCC1)c1cc(Br)ccc1Br. The summed E-state index contributed by atoms with van der Waals surface area (Å²) in [5.41, 5.74) is 0. The highest BCUT2D eigenvalue weighted by Crippen LogP contribution is 2.25. The number of nitrogens with one attached hydrogen (secondary N) is 2. The molecule has 0 bridgehead atoms. The molecule has 2 N–H and O–H groups in total. The van der Waals surface area contributed by atoms with Crippen LogP contribution in [0.2, 0.25) is 0 Å². The third kappa shape index (κ3) is 4.26. The first-order valence-electron chi connectivity index (χ1n) is 6.14. The minimum Gasteiger partial charge on any atom is -0.317 e. The van der Waals surface area contributed by atoms with E-state index in [-0.39, 0.29) is 4.90 Å². The molecule has 0 radical (unpaired) electrons. The number of rotatable bonds is 4. The van der Waals surface area contributed by atoms with E-state index in [2.05, 4.69) is 41.9 Å². The Kier molecular flexibility index (Phi) is 5.42. The van der Waals surface area contributed by atoms with Crippen LogP contribution in [0.25, 0.3) is 0 Å². The number of hydrogen-bond donors (Lipinski definition) is 2. The Labute approximate surface area is 130 Å². The molecule has 1 aliphatic heterocycles. The molecule has 0 spiro atoms. The van der Waals surface area contributed by atoms with Crippen LogP contribution in [0.5, 0.6) is 0 Å². The van der Waals surface area contributed by atoms with Gasteiger partial charge in [0.2, 0.25) is 10.0 Å². The summed E-state index contributed by atoms with van der Waals surface area (Å²) in [4.78, 5) is 0.274. The molecule has 1 heterocycles. The molecule has 0 saturated carbocycles. The fraction of sp³-hybridized carbons (Fsp3) is 0.500. The standard InChI is InChI=1S/C12H16Br2N2O2S/c13-10-1-2-11(14)12(7-10)19(17,18)16-8-9-3-5-15-6-4-9/h1-2,7,9,15-16H,3-6,8H2. The Morgan fingerprint density at radius 2 is 1.95 bits per heavy atom. The lowest BCUT2D eigenvalue weighted by atomic mass is 9.99. The van der Waals surface area contributed by atoms with E-state index < -0.39 is 10.0 Å². The predicted molar refractivity (Wildman–Crippen MR) is 82.6 cm³/mol. The first-order valence-corrected chi connectivity index (χ1v) is 9.21. The Balaban J connectivity index is 2.07. The summed E-state index contributed by atoms with van der Waals surface area (Å²) in [7, 11) is -3.46. The van der Waals surface area contributed by atoms with Crippen molar-refractivity contribution in [2.75, 3.05) is 19.6 Å². The monoisotopic (exact) mass is 410 g/mol. The van der Waals surface area contributed by atoms with Crippen LogP contribution >= 0.6 is 31.9 Å². The van der Waals surface area contributed by atoms with Gasteiger partial charge in [0, 0.05) is 15.5 Å². The van der Waals surface area contributed by atoms with Crippen molar-refractivity contribution in [1.29, 1.82) is 0 Å². The maximum absolute atomic E-state index is 12.3. The van der Waals surface area contributed by atoms with Gasteiger partial charge >= 0.3 is 0 Å². The van der Waals surface area contributed by atoms with Crippen LogP contribution < -0.4 is 10.0 Å². The Bertz CT molecular complexity index is 543. The molecule has 0 unspecified atom stereocenters. The summed E-state index contributed by atoms with van der Waals surface area (Å²) >= 11 is 6.58. The summed E-state index contributed by atoms with van der Waals surface area (Å²) in [6.07, 6.45) is 2.03. The number of hydrogen-bond acceptors (Lipinski definition) is 3. The summed E-state index contributed by atoms with van der Waals surface area (Å²) in [5, 5.41) is 3.27. The van der Waals surface area contributed by atoms with Crippen molar-refractivity contribution in [1.82, 2.24) is 10.0 Å². The van der Waals surface area contributed by atoms with Crippen molar-refractivity contribution in [3.8, 4) is 0 Å². The first-order chi connectivity index (χ1) is 8.99. The van der Waals surface area contributed by atoms with E-state index in [1.54, 1.807) is 18.2 Å². The Hall–Kier alpha value is 0.0500. The zero-order chi connectivity index (χ0) is 13.9. The number of sulfonamides is 1. The highest BCUT2D eigenvalue weighted by molar-refractivity contribution is 9.11. The van der Waals surface area contributed by atoms with E-state index in [1.165, 1.54) is 0 Å². The van der Waals surface area contributed by atoms with Gasteiger partial charge in [-0.1, -0.05) is 15.9 Å². The van der Waals surface area contributed by atoms with Crippen molar-refractivity contribution in [3.63, 3.8) is 0 Å². The second-order valence-corrected chi connectivity index (χ2v) is 8.13. The molecule has 2 rings (SSSR count). The maximum Gasteiger partial charge on any atom is 0.241 e. The van der Waals surface area contributed by atoms with Crippen LogP contribution in [0.4, 0.5) is 0 Å². The maximum atomic E-state index is 12.3. The summed E-state index contributed by atoms with van der Waals surface area (Å²) in [5.74, 6) is 0.418. The second kappa shape index (κ2) is 6.67. The molecule has 0 aromatic heterocycles. The molecule has 4 nitrogen and oxygen atoms in total. The number of benzene rings is 1. The Morgan fingerprint density at radius 1 is 1.26 bits per heavy atom. The highest BCUT2D eigenvalue weighted by atomic mass is 79.9. The minimum absolute atomic E-state index is 0.274. The van der Waals surface area contributed by atoms with E-state index in [1.807, 2.05) is 0 Å². The van der Waals surface area contributed by atoms with E-state index in [0.717, 1.165) is 30.4 Å². The topological polar surface area (TPSA) is 58.2 Å². The fourth-order valence-electron chi connectivity index (χ4n) is 2.07. The van der Waals surface area contributed by atoms with E-state index >= 15 is 0 Å². The molecule has 1 fully saturated rings. The van der Waals surface area contributed by atoms with Gasteiger partial charge in [-0.25, -0.2) is 13.1 Å². The van der Waals surface area contributed by atoms with Gasteiger partial charge in [0.25, 0.3) is 0 Å². The molecule has 0 aliphatic carbocycles. The predicted octanol–water partition coefficient (Wildman–Crippen LogP) is 2.49. The molecule has 1 saturated heterocycles. The fourth-order valence-corrected chi connectivity index (χ4v) is 4.69. The molecule has 106 valence electrons. The van der Waals surface area contributed by atoms with Gasteiger partial charge in [-0.3, -0.25) is 0 Å². The normalized spacial score (nSPS) is 17.6. The summed E-state index contributed by atoms with van der Waals surface area (Å²) in [6.45, 7) is 2.43. The zero-order valence-corrected chi connectivity index (χ0v) is 14.3. The minimum atomic E-state index is -3.46. The third-order valence-electron chi connectivity index (χ3n) is 3.20. The van der Waals surface area contributed by atoms with Gasteiger partial charge in [-0.05, 0) is 66.0 Å². The van der Waals surface area contributed by atoms with Crippen LogP contribution in [-0.4, -0.2) is 28.1 Å². The van der Waals surface area contributed by atoms with Crippen LogP contribution in [0.3, 0.4) is 0 Å². The molecule has 0 amide bonds. The molecule has 1 aromatic carbocycles. The highest BCUT2D eigenvalue weighted by Gasteiger charge is 2.20. The lowest BCUT2D eigenvalue weighted by Crippen LogP contribution is -2.36. The quantitative estimate of drug-likeness (QED) is 0.800. The molecular formula is C12H16Br2N2O2S. The van der Waals surface area contributed by atoms with Gasteiger partial charge in [0.15, 0.2) is 0 Å². The average Bonchev–Trinajstić information content (AvgIpc) is 2.40. The molecular weight excluding hydrogens is 396 g/mol. The van der Waals surface area contributed by atoms with Crippen LogP contribution in [0.1, 0.15) is 12.8 Å². The number of halogens is 2. The van der Waals surface area contributed by atoms with Crippen LogP contribution in [-0.2, 0) is 10.0 Å². The summed E-state index contributed by atoms with van der Waals surface area (Å²) in [6, 6.07) is 5.13. The van der Waals surface area contributed by atoms with Crippen molar-refractivity contribution in [3.05, 3.63) is 27.1 Å². The number of piperidine rings is 1. The molecule has 7 heteroatoms. The second-order valence-electron chi connectivity index (χ2n) is 4.62. The van der Waals surface area contributed by atoms with E-state index in [0.29, 0.717) is 16.9 Å². The van der Waals surface area contributed by atoms with Crippen molar-refractivity contribution in [2.45, 2.75) is 17.7 Å². The van der Waals surface area contributed by atoms with Gasteiger partial charge in [-0.15, -0.1) is 0 Å². The molecule has 19 heavy (non-hydrogen) atoms.